The first-order valence-electron chi connectivity index (χ1n) is 8.70. The number of rotatable bonds is 6. The van der Waals surface area contributed by atoms with E-state index in [0.717, 1.165) is 25.1 Å². The molecule has 0 bridgehead atoms. The maximum atomic E-state index is 14.5. The molecule has 26 heavy (non-hydrogen) atoms. The molecule has 2 heterocycles. The average molecular weight is 358 g/mol. The molecule has 0 aliphatic carbocycles. The second-order valence-corrected chi connectivity index (χ2v) is 6.38. The molecule has 1 saturated heterocycles. The molecule has 0 radical (unpaired) electrons. The van der Waals surface area contributed by atoms with Gasteiger partial charge in [0.1, 0.15) is 5.82 Å². The van der Waals surface area contributed by atoms with Crippen LogP contribution in [0, 0.1) is 5.82 Å². The molecule has 0 saturated carbocycles. The van der Waals surface area contributed by atoms with Crippen LogP contribution in [-0.4, -0.2) is 34.4 Å². The molecule has 6 nitrogen and oxygen atoms in total. The molecule has 1 N–H and O–H groups in total. The number of halogens is 1. The van der Waals surface area contributed by atoms with Gasteiger partial charge in [-0.15, -0.1) is 0 Å². The van der Waals surface area contributed by atoms with Crippen LogP contribution < -0.4 is 10.1 Å². The van der Waals surface area contributed by atoms with Crippen molar-refractivity contribution in [2.24, 2.45) is 0 Å². The van der Waals surface area contributed by atoms with Crippen LogP contribution in [0.2, 0.25) is 0 Å². The number of ether oxygens (including phenoxy) is 1. The average Bonchev–Trinajstić information content (AvgIpc) is 3.10. The number of benzene rings is 1. The molecule has 2 aromatic rings. The minimum absolute atomic E-state index is 0.0397. The van der Waals surface area contributed by atoms with E-state index in [1.165, 1.54) is 14.0 Å². The van der Waals surface area contributed by atoms with Gasteiger partial charge in [0.05, 0.1) is 25.4 Å². The third-order valence-electron chi connectivity index (χ3n) is 4.55. The minimum Gasteiger partial charge on any atom is -0.494 e. The first-order chi connectivity index (χ1) is 12.6. The number of carbonyl (C=O) groups is 1. The van der Waals surface area contributed by atoms with E-state index >= 15 is 0 Å². The molecule has 138 valence electrons. The Morgan fingerprint density at radius 2 is 2.27 bits per heavy atom. The number of methoxy groups -OCH3 is 1. The summed E-state index contributed by atoms with van der Waals surface area (Å²) < 4.78 is 19.5. The molecule has 1 aliphatic heterocycles. The van der Waals surface area contributed by atoms with Gasteiger partial charge >= 0.3 is 0 Å². The molecule has 1 fully saturated rings. The summed E-state index contributed by atoms with van der Waals surface area (Å²) in [6.45, 7) is 3.19. The van der Waals surface area contributed by atoms with Gasteiger partial charge in [0.2, 0.25) is 5.91 Å². The standard InChI is InChI=1S/C19H23FN4O2/c1-13(25)22-11-15-8-9-21-19(23-15)16-6-4-10-24(16)12-14-5-3-7-17(26-2)18(14)20/h3,5,7-9,16H,4,6,10-12H2,1-2H3,(H,22,25). The van der Waals surface area contributed by atoms with Gasteiger partial charge < -0.3 is 10.1 Å². The molecule has 1 aromatic carbocycles. The molecule has 1 unspecified atom stereocenters. The van der Waals surface area contributed by atoms with Crippen molar-refractivity contribution >= 4 is 5.91 Å². The summed E-state index contributed by atoms with van der Waals surface area (Å²) in [5.74, 6) is 0.558. The fraction of sp³-hybridized carbons (Fsp3) is 0.421. The third kappa shape index (κ3) is 4.16. The smallest absolute Gasteiger partial charge is 0.217 e. The first-order valence-corrected chi connectivity index (χ1v) is 8.70. The molecule has 3 rings (SSSR count). The largest absolute Gasteiger partial charge is 0.494 e. The molecule has 0 spiro atoms. The van der Waals surface area contributed by atoms with E-state index < -0.39 is 0 Å². The lowest BCUT2D eigenvalue weighted by Gasteiger charge is -2.24. The summed E-state index contributed by atoms with van der Waals surface area (Å²) in [6.07, 6.45) is 3.65. The topological polar surface area (TPSA) is 67.3 Å². The van der Waals surface area contributed by atoms with Crippen molar-refractivity contribution in [1.29, 1.82) is 0 Å². The number of amides is 1. The van der Waals surface area contributed by atoms with Crippen molar-refractivity contribution < 1.29 is 13.9 Å². The van der Waals surface area contributed by atoms with Crippen LogP contribution in [0.5, 0.6) is 5.75 Å². The molecule has 1 aromatic heterocycles. The van der Waals surface area contributed by atoms with Gasteiger partial charge in [0.25, 0.3) is 0 Å². The number of carbonyl (C=O) groups excluding carboxylic acids is 1. The zero-order valence-corrected chi connectivity index (χ0v) is 15.0. The number of nitrogens with zero attached hydrogens (tertiary/aromatic N) is 3. The highest BCUT2D eigenvalue weighted by molar-refractivity contribution is 5.72. The monoisotopic (exact) mass is 358 g/mol. The lowest BCUT2D eigenvalue weighted by molar-refractivity contribution is -0.119. The van der Waals surface area contributed by atoms with Gasteiger partial charge in [-0.2, -0.15) is 0 Å². The maximum absolute atomic E-state index is 14.5. The predicted molar refractivity (Wildman–Crippen MR) is 94.9 cm³/mol. The van der Waals surface area contributed by atoms with E-state index in [9.17, 15) is 9.18 Å². The summed E-state index contributed by atoms with van der Waals surface area (Å²) >= 11 is 0. The fourth-order valence-electron chi connectivity index (χ4n) is 3.25. The van der Waals surface area contributed by atoms with Gasteiger partial charge in [0, 0.05) is 25.2 Å². The van der Waals surface area contributed by atoms with Crippen molar-refractivity contribution in [1.82, 2.24) is 20.2 Å². The summed E-state index contributed by atoms with van der Waals surface area (Å²) in [7, 11) is 1.47. The Morgan fingerprint density at radius 1 is 1.42 bits per heavy atom. The first kappa shape index (κ1) is 18.3. The van der Waals surface area contributed by atoms with Gasteiger partial charge in [-0.25, -0.2) is 14.4 Å². The maximum Gasteiger partial charge on any atom is 0.217 e. The van der Waals surface area contributed by atoms with Crippen LogP contribution in [-0.2, 0) is 17.9 Å². The fourth-order valence-corrected chi connectivity index (χ4v) is 3.25. The van der Waals surface area contributed by atoms with Crippen LogP contribution in [0.25, 0.3) is 0 Å². The Balaban J connectivity index is 1.76. The molecule has 1 atom stereocenters. The Morgan fingerprint density at radius 3 is 3.04 bits per heavy atom. The van der Waals surface area contributed by atoms with Crippen molar-refractivity contribution in [3.05, 3.63) is 53.4 Å². The molecular weight excluding hydrogens is 335 g/mol. The quantitative estimate of drug-likeness (QED) is 0.860. The third-order valence-corrected chi connectivity index (χ3v) is 4.55. The van der Waals surface area contributed by atoms with E-state index in [0.29, 0.717) is 24.5 Å². The molecule has 1 amide bonds. The SMILES string of the molecule is COc1cccc(CN2CCCC2c2nccc(CNC(C)=O)n2)c1F. The Bertz CT molecular complexity index is 784. The highest BCUT2D eigenvalue weighted by atomic mass is 19.1. The zero-order valence-electron chi connectivity index (χ0n) is 15.0. The van der Waals surface area contributed by atoms with Crippen molar-refractivity contribution in [3.8, 4) is 5.75 Å². The van der Waals surface area contributed by atoms with E-state index in [-0.39, 0.29) is 23.5 Å². The summed E-state index contributed by atoms with van der Waals surface area (Å²) in [5.41, 5.74) is 1.37. The summed E-state index contributed by atoms with van der Waals surface area (Å²) in [6, 6.07) is 7.03. The predicted octanol–water partition coefficient (Wildman–Crippen LogP) is 2.60. The highest BCUT2D eigenvalue weighted by Crippen LogP contribution is 2.32. The van der Waals surface area contributed by atoms with Crippen LogP contribution in [0.15, 0.2) is 30.5 Å². The highest BCUT2D eigenvalue weighted by Gasteiger charge is 2.29. The van der Waals surface area contributed by atoms with Crippen LogP contribution in [0.3, 0.4) is 0 Å². The van der Waals surface area contributed by atoms with Crippen molar-refractivity contribution in [2.75, 3.05) is 13.7 Å². The second kappa shape index (κ2) is 8.23. The molecule has 1 aliphatic rings. The number of hydrogen-bond donors (Lipinski definition) is 1. The number of likely N-dealkylation sites (tertiary alicyclic amines) is 1. The zero-order chi connectivity index (χ0) is 18.5. The van der Waals surface area contributed by atoms with Gasteiger partial charge in [0.15, 0.2) is 11.6 Å². The van der Waals surface area contributed by atoms with Crippen molar-refractivity contribution in [2.45, 2.75) is 38.9 Å². The van der Waals surface area contributed by atoms with E-state index in [1.54, 1.807) is 30.5 Å². The van der Waals surface area contributed by atoms with E-state index in [4.69, 9.17) is 4.74 Å². The van der Waals surface area contributed by atoms with Crippen molar-refractivity contribution in [3.63, 3.8) is 0 Å². The Kier molecular flexibility index (Phi) is 5.78. The van der Waals surface area contributed by atoms with Gasteiger partial charge in [-0.1, -0.05) is 12.1 Å². The van der Waals surface area contributed by atoms with E-state index in [2.05, 4.69) is 20.2 Å². The lowest BCUT2D eigenvalue weighted by Crippen LogP contribution is -2.26. The lowest BCUT2D eigenvalue weighted by atomic mass is 10.1. The Labute approximate surface area is 152 Å². The summed E-state index contributed by atoms with van der Waals surface area (Å²) in [4.78, 5) is 22.3. The van der Waals surface area contributed by atoms with Gasteiger partial charge in [-0.3, -0.25) is 9.69 Å². The second-order valence-electron chi connectivity index (χ2n) is 6.38. The number of hydrogen-bond acceptors (Lipinski definition) is 5. The van der Waals surface area contributed by atoms with Crippen LogP contribution in [0.4, 0.5) is 4.39 Å². The van der Waals surface area contributed by atoms with Gasteiger partial charge in [-0.05, 0) is 31.5 Å². The number of nitrogens with one attached hydrogen (secondary N) is 1. The molecular formula is C19H23FN4O2. The minimum atomic E-state index is -0.319. The Hall–Kier alpha value is -2.54. The molecule has 7 heteroatoms. The van der Waals surface area contributed by atoms with Crippen LogP contribution >= 0.6 is 0 Å². The van der Waals surface area contributed by atoms with E-state index in [1.807, 2.05) is 0 Å². The van der Waals surface area contributed by atoms with Crippen LogP contribution in [0.1, 0.15) is 42.9 Å². The number of aromatic nitrogens is 2. The summed E-state index contributed by atoms with van der Waals surface area (Å²) in [5, 5.41) is 2.74. The normalized spacial score (nSPS) is 17.3.